The first kappa shape index (κ1) is 17.3. The minimum Gasteiger partial charge on any atom is -0.486 e. The van der Waals surface area contributed by atoms with Crippen molar-refractivity contribution in [1.29, 1.82) is 0 Å². The zero-order chi connectivity index (χ0) is 15.4. The molecule has 1 amide bonds. The summed E-state index contributed by atoms with van der Waals surface area (Å²) in [6.45, 7) is 1.33. The second-order valence-electron chi connectivity index (χ2n) is 5.41. The van der Waals surface area contributed by atoms with Crippen molar-refractivity contribution in [3.8, 4) is 5.75 Å². The summed E-state index contributed by atoms with van der Waals surface area (Å²) in [7, 11) is 1.93. The molecule has 3 rings (SSSR count). The highest BCUT2D eigenvalue weighted by molar-refractivity contribution is 5.95. The molecule has 2 N–H and O–H groups in total. The van der Waals surface area contributed by atoms with Gasteiger partial charge in [0, 0.05) is 25.1 Å². The number of halogens is 1. The van der Waals surface area contributed by atoms with E-state index >= 15 is 0 Å². The molecule has 7 heteroatoms. The van der Waals surface area contributed by atoms with Gasteiger partial charge in [-0.15, -0.1) is 12.4 Å². The lowest BCUT2D eigenvalue weighted by Crippen LogP contribution is -2.35. The maximum Gasteiger partial charge on any atom is 0.241 e. The SMILES string of the molecule is Cl.Cn1ccnc1COc1ccc(NC(=O)C2CCCN2)cc1. The molecule has 1 atom stereocenters. The van der Waals surface area contributed by atoms with Crippen LogP contribution >= 0.6 is 12.4 Å². The predicted molar refractivity (Wildman–Crippen MR) is 90.9 cm³/mol. The van der Waals surface area contributed by atoms with Gasteiger partial charge in [-0.3, -0.25) is 4.79 Å². The van der Waals surface area contributed by atoms with E-state index in [1.807, 2.05) is 42.1 Å². The fraction of sp³-hybridized carbons (Fsp3) is 0.375. The van der Waals surface area contributed by atoms with E-state index in [0.717, 1.165) is 36.6 Å². The molecule has 1 saturated heterocycles. The zero-order valence-corrected chi connectivity index (χ0v) is 13.8. The number of carbonyl (C=O) groups is 1. The fourth-order valence-corrected chi connectivity index (χ4v) is 2.46. The minimum atomic E-state index is -0.0701. The van der Waals surface area contributed by atoms with Gasteiger partial charge >= 0.3 is 0 Å². The Morgan fingerprint density at radius 3 is 2.83 bits per heavy atom. The Hall–Kier alpha value is -2.05. The number of anilines is 1. The first-order valence-corrected chi connectivity index (χ1v) is 7.46. The molecule has 23 heavy (non-hydrogen) atoms. The van der Waals surface area contributed by atoms with Gasteiger partial charge in [0.05, 0.1) is 6.04 Å². The van der Waals surface area contributed by atoms with Crippen molar-refractivity contribution >= 4 is 24.0 Å². The van der Waals surface area contributed by atoms with Crippen molar-refractivity contribution in [1.82, 2.24) is 14.9 Å². The van der Waals surface area contributed by atoms with Crippen LogP contribution in [0.2, 0.25) is 0 Å². The topological polar surface area (TPSA) is 68.2 Å². The molecule has 1 fully saturated rings. The third kappa shape index (κ3) is 4.46. The molecule has 6 nitrogen and oxygen atoms in total. The molecule has 0 aliphatic carbocycles. The average molecular weight is 337 g/mol. The lowest BCUT2D eigenvalue weighted by molar-refractivity contribution is -0.117. The molecule has 2 aromatic rings. The van der Waals surface area contributed by atoms with Crippen molar-refractivity contribution in [2.75, 3.05) is 11.9 Å². The summed E-state index contributed by atoms with van der Waals surface area (Å²) in [5, 5.41) is 6.10. The number of aryl methyl sites for hydroxylation is 1. The normalized spacial score (nSPS) is 16.7. The van der Waals surface area contributed by atoms with E-state index in [1.165, 1.54) is 0 Å². The highest BCUT2D eigenvalue weighted by Gasteiger charge is 2.21. The molecule has 2 heterocycles. The number of rotatable bonds is 5. The molecule has 1 aromatic heterocycles. The second kappa shape index (κ2) is 7.99. The van der Waals surface area contributed by atoms with Crippen LogP contribution in [-0.4, -0.2) is 28.0 Å². The first-order valence-electron chi connectivity index (χ1n) is 7.46. The summed E-state index contributed by atoms with van der Waals surface area (Å²) in [4.78, 5) is 16.2. The predicted octanol–water partition coefficient (Wildman–Crippen LogP) is 2.11. The number of nitrogens with zero attached hydrogens (tertiary/aromatic N) is 2. The summed E-state index contributed by atoms with van der Waals surface area (Å²) >= 11 is 0. The highest BCUT2D eigenvalue weighted by Crippen LogP contribution is 2.17. The third-order valence-corrected chi connectivity index (χ3v) is 3.79. The average Bonchev–Trinajstić information content (AvgIpc) is 3.18. The number of hydrogen-bond donors (Lipinski definition) is 2. The molecular formula is C16H21ClN4O2. The van der Waals surface area contributed by atoms with Gasteiger partial charge < -0.3 is 19.9 Å². The number of imidazole rings is 1. The van der Waals surface area contributed by atoms with E-state index in [4.69, 9.17) is 4.74 Å². The molecule has 0 bridgehead atoms. The van der Waals surface area contributed by atoms with Crippen LogP contribution in [0.1, 0.15) is 18.7 Å². The van der Waals surface area contributed by atoms with Gasteiger partial charge in [0.15, 0.2) is 0 Å². The van der Waals surface area contributed by atoms with Gasteiger partial charge in [0.1, 0.15) is 18.2 Å². The Labute approximate surface area is 141 Å². The maximum absolute atomic E-state index is 12.0. The number of nitrogens with one attached hydrogen (secondary N) is 2. The number of benzene rings is 1. The second-order valence-corrected chi connectivity index (χ2v) is 5.41. The number of aromatic nitrogens is 2. The van der Waals surface area contributed by atoms with Crippen LogP contribution in [0.5, 0.6) is 5.75 Å². The van der Waals surface area contributed by atoms with Gasteiger partial charge in [-0.2, -0.15) is 0 Å². The number of carbonyl (C=O) groups excluding carboxylic acids is 1. The quantitative estimate of drug-likeness (QED) is 0.877. The van der Waals surface area contributed by atoms with E-state index in [0.29, 0.717) is 6.61 Å². The van der Waals surface area contributed by atoms with Crippen LogP contribution in [0, 0.1) is 0 Å². The lowest BCUT2D eigenvalue weighted by atomic mass is 10.2. The van der Waals surface area contributed by atoms with Crippen LogP contribution in [0.4, 0.5) is 5.69 Å². The molecule has 124 valence electrons. The monoisotopic (exact) mass is 336 g/mol. The van der Waals surface area contributed by atoms with Crippen LogP contribution in [0.15, 0.2) is 36.7 Å². The molecule has 0 spiro atoms. The Morgan fingerprint density at radius 1 is 1.43 bits per heavy atom. The molecule has 0 saturated carbocycles. The van der Waals surface area contributed by atoms with E-state index in [9.17, 15) is 4.79 Å². The van der Waals surface area contributed by atoms with Crippen LogP contribution < -0.4 is 15.4 Å². The van der Waals surface area contributed by atoms with Crippen LogP contribution in [0.25, 0.3) is 0 Å². The summed E-state index contributed by atoms with van der Waals surface area (Å²) in [6, 6.07) is 7.32. The Kier molecular flexibility index (Phi) is 6.01. The van der Waals surface area contributed by atoms with E-state index < -0.39 is 0 Å². The van der Waals surface area contributed by atoms with E-state index in [2.05, 4.69) is 15.6 Å². The number of amides is 1. The Balaban J connectivity index is 0.00000192. The summed E-state index contributed by atoms with van der Waals surface area (Å²) in [6.07, 6.45) is 5.58. The fourth-order valence-electron chi connectivity index (χ4n) is 2.46. The Morgan fingerprint density at radius 2 is 2.22 bits per heavy atom. The van der Waals surface area contributed by atoms with Gasteiger partial charge in [-0.25, -0.2) is 4.98 Å². The van der Waals surface area contributed by atoms with Gasteiger partial charge in [0.25, 0.3) is 0 Å². The maximum atomic E-state index is 12.0. The van der Waals surface area contributed by atoms with E-state index in [-0.39, 0.29) is 24.4 Å². The molecular weight excluding hydrogens is 316 g/mol. The van der Waals surface area contributed by atoms with Crippen molar-refractivity contribution < 1.29 is 9.53 Å². The third-order valence-electron chi connectivity index (χ3n) is 3.79. The van der Waals surface area contributed by atoms with Crippen molar-refractivity contribution in [2.45, 2.75) is 25.5 Å². The summed E-state index contributed by atoms with van der Waals surface area (Å²) < 4.78 is 7.60. The Bertz CT molecular complexity index is 636. The standard InChI is InChI=1S/C16H20N4O2.ClH/c1-20-10-9-18-15(20)11-22-13-6-4-12(5-7-13)19-16(21)14-3-2-8-17-14;/h4-7,9-10,14,17H,2-3,8,11H2,1H3,(H,19,21);1H. The summed E-state index contributed by atoms with van der Waals surface area (Å²) in [5.74, 6) is 1.64. The van der Waals surface area contributed by atoms with Crippen molar-refractivity contribution in [3.05, 3.63) is 42.5 Å². The van der Waals surface area contributed by atoms with Crippen molar-refractivity contribution in [2.24, 2.45) is 7.05 Å². The van der Waals surface area contributed by atoms with Gasteiger partial charge in [-0.1, -0.05) is 0 Å². The first-order chi connectivity index (χ1) is 10.7. The molecule has 1 aromatic carbocycles. The van der Waals surface area contributed by atoms with Gasteiger partial charge in [0.2, 0.25) is 5.91 Å². The minimum absolute atomic E-state index is 0. The smallest absolute Gasteiger partial charge is 0.241 e. The van der Waals surface area contributed by atoms with Crippen LogP contribution in [0.3, 0.4) is 0 Å². The molecule has 1 aliphatic heterocycles. The largest absolute Gasteiger partial charge is 0.486 e. The molecule has 1 unspecified atom stereocenters. The van der Waals surface area contributed by atoms with Crippen molar-refractivity contribution in [3.63, 3.8) is 0 Å². The molecule has 0 radical (unpaired) electrons. The van der Waals surface area contributed by atoms with Gasteiger partial charge in [-0.05, 0) is 43.7 Å². The zero-order valence-electron chi connectivity index (χ0n) is 13.0. The number of hydrogen-bond acceptors (Lipinski definition) is 4. The summed E-state index contributed by atoms with van der Waals surface area (Å²) in [5.41, 5.74) is 0.781. The highest BCUT2D eigenvalue weighted by atomic mass is 35.5. The lowest BCUT2D eigenvalue weighted by Gasteiger charge is -2.12. The molecule has 1 aliphatic rings. The van der Waals surface area contributed by atoms with E-state index in [1.54, 1.807) is 6.20 Å². The van der Waals surface area contributed by atoms with Crippen LogP contribution in [-0.2, 0) is 18.4 Å². The number of ether oxygens (including phenoxy) is 1.